The first-order valence-electron chi connectivity index (χ1n) is 3.46. The van der Waals surface area contributed by atoms with Gasteiger partial charge in [-0.3, -0.25) is 0 Å². The number of hydrogen-bond donors (Lipinski definition) is 1. The molecule has 1 saturated heterocycles. The van der Waals surface area contributed by atoms with Crippen LogP contribution in [0, 0.1) is 5.92 Å². The van der Waals surface area contributed by atoms with E-state index in [1.165, 1.54) is 0 Å². The van der Waals surface area contributed by atoms with Crippen molar-refractivity contribution in [3.63, 3.8) is 0 Å². The molecule has 1 fully saturated rings. The number of nitrogens with one attached hydrogen (secondary N) is 1. The quantitative estimate of drug-likeness (QED) is 0.525. The molecule has 3 heteroatoms. The summed E-state index contributed by atoms with van der Waals surface area (Å²) >= 11 is 0. The van der Waals surface area contributed by atoms with Gasteiger partial charge in [0, 0.05) is 19.0 Å². The standard InChI is InChI=1S/C7H11NO.ClH/c1-2-6-4-8-5-7(6)9-3-1;/h1-2,6-8H,3-5H2;1H/t6-,7+;/m0./s1. The second-order valence-electron chi connectivity index (χ2n) is 2.62. The van der Waals surface area contributed by atoms with Gasteiger partial charge in [-0.1, -0.05) is 12.2 Å². The number of hydrogen-bond acceptors (Lipinski definition) is 2. The van der Waals surface area contributed by atoms with Crippen molar-refractivity contribution in [3.05, 3.63) is 12.2 Å². The van der Waals surface area contributed by atoms with Gasteiger partial charge in [0.25, 0.3) is 0 Å². The summed E-state index contributed by atoms with van der Waals surface area (Å²) in [6.45, 7) is 2.94. The normalized spacial score (nSPS) is 36.8. The van der Waals surface area contributed by atoms with E-state index in [-0.39, 0.29) is 12.4 Å². The molecule has 58 valence electrons. The maximum absolute atomic E-state index is 5.45. The highest BCUT2D eigenvalue weighted by Gasteiger charge is 2.26. The zero-order valence-corrected chi connectivity index (χ0v) is 6.56. The first-order valence-corrected chi connectivity index (χ1v) is 3.46. The minimum atomic E-state index is 0. The fourth-order valence-corrected chi connectivity index (χ4v) is 1.46. The Balaban J connectivity index is 0.000000500. The fraction of sp³-hybridized carbons (Fsp3) is 0.714. The van der Waals surface area contributed by atoms with Crippen LogP contribution in [0.2, 0.25) is 0 Å². The smallest absolute Gasteiger partial charge is 0.0778 e. The van der Waals surface area contributed by atoms with Crippen LogP contribution in [0.4, 0.5) is 0 Å². The summed E-state index contributed by atoms with van der Waals surface area (Å²) in [6, 6.07) is 0. The summed E-state index contributed by atoms with van der Waals surface area (Å²) in [5.41, 5.74) is 0. The average Bonchev–Trinajstić information content (AvgIpc) is 2.33. The lowest BCUT2D eigenvalue weighted by Crippen LogP contribution is -2.24. The van der Waals surface area contributed by atoms with Gasteiger partial charge in [-0.25, -0.2) is 0 Å². The average molecular weight is 162 g/mol. The second-order valence-corrected chi connectivity index (χ2v) is 2.62. The van der Waals surface area contributed by atoms with Gasteiger partial charge in [0.2, 0.25) is 0 Å². The summed E-state index contributed by atoms with van der Waals surface area (Å²) in [7, 11) is 0. The van der Waals surface area contributed by atoms with Crippen LogP contribution < -0.4 is 5.32 Å². The molecule has 0 aromatic rings. The molecule has 2 atom stereocenters. The third kappa shape index (κ3) is 1.34. The predicted octanol–water partition coefficient (Wildman–Crippen LogP) is 0.583. The highest BCUT2D eigenvalue weighted by atomic mass is 35.5. The van der Waals surface area contributed by atoms with E-state index in [4.69, 9.17) is 4.74 Å². The van der Waals surface area contributed by atoms with Crippen molar-refractivity contribution in [2.45, 2.75) is 6.10 Å². The van der Waals surface area contributed by atoms with Crippen LogP contribution in [0.3, 0.4) is 0 Å². The maximum Gasteiger partial charge on any atom is 0.0778 e. The first kappa shape index (κ1) is 8.05. The van der Waals surface area contributed by atoms with E-state index < -0.39 is 0 Å². The van der Waals surface area contributed by atoms with E-state index in [9.17, 15) is 0 Å². The highest BCUT2D eigenvalue weighted by Crippen LogP contribution is 2.17. The second kappa shape index (κ2) is 3.37. The van der Waals surface area contributed by atoms with Crippen LogP contribution in [0.5, 0.6) is 0 Å². The Bertz CT molecular complexity index is 138. The third-order valence-corrected chi connectivity index (χ3v) is 1.99. The molecule has 1 N–H and O–H groups in total. The molecule has 0 aromatic carbocycles. The minimum absolute atomic E-state index is 0. The number of rotatable bonds is 0. The van der Waals surface area contributed by atoms with Crippen molar-refractivity contribution in [2.75, 3.05) is 19.7 Å². The lowest BCUT2D eigenvalue weighted by atomic mass is 10.0. The molecule has 2 aliphatic rings. The molecule has 0 spiro atoms. The Hall–Kier alpha value is -0.0500. The van der Waals surface area contributed by atoms with E-state index in [0.29, 0.717) is 12.0 Å². The summed E-state index contributed by atoms with van der Waals surface area (Å²) in [6.07, 6.45) is 4.83. The molecular weight excluding hydrogens is 150 g/mol. The van der Waals surface area contributed by atoms with E-state index in [0.717, 1.165) is 19.7 Å². The Morgan fingerprint density at radius 2 is 2.30 bits per heavy atom. The Labute approximate surface area is 67.0 Å². The van der Waals surface area contributed by atoms with Gasteiger partial charge < -0.3 is 10.1 Å². The molecule has 2 rings (SSSR count). The van der Waals surface area contributed by atoms with Crippen LogP contribution >= 0.6 is 12.4 Å². The maximum atomic E-state index is 5.45. The summed E-state index contributed by atoms with van der Waals surface area (Å²) in [5, 5.41) is 3.29. The molecule has 10 heavy (non-hydrogen) atoms. The zero-order chi connectivity index (χ0) is 6.10. The zero-order valence-electron chi connectivity index (χ0n) is 5.75. The van der Waals surface area contributed by atoms with Crippen molar-refractivity contribution >= 4 is 12.4 Å². The molecule has 2 heterocycles. The monoisotopic (exact) mass is 161 g/mol. The summed E-state index contributed by atoms with van der Waals surface area (Å²) < 4.78 is 5.45. The van der Waals surface area contributed by atoms with Crippen LogP contribution in [0.25, 0.3) is 0 Å². The van der Waals surface area contributed by atoms with Crippen LogP contribution in [0.1, 0.15) is 0 Å². The number of halogens is 1. The Morgan fingerprint density at radius 1 is 1.40 bits per heavy atom. The van der Waals surface area contributed by atoms with E-state index in [1.807, 2.05) is 0 Å². The Morgan fingerprint density at radius 3 is 3.10 bits per heavy atom. The van der Waals surface area contributed by atoms with Gasteiger partial charge in [0.15, 0.2) is 0 Å². The molecule has 0 aromatic heterocycles. The molecule has 2 nitrogen and oxygen atoms in total. The van der Waals surface area contributed by atoms with E-state index in [1.54, 1.807) is 0 Å². The van der Waals surface area contributed by atoms with Gasteiger partial charge >= 0.3 is 0 Å². The topological polar surface area (TPSA) is 21.3 Å². The van der Waals surface area contributed by atoms with Crippen molar-refractivity contribution in [1.29, 1.82) is 0 Å². The minimum Gasteiger partial charge on any atom is -0.372 e. The van der Waals surface area contributed by atoms with Crippen LogP contribution in [-0.2, 0) is 4.74 Å². The largest absolute Gasteiger partial charge is 0.372 e. The lowest BCUT2D eigenvalue weighted by molar-refractivity contribution is 0.0598. The van der Waals surface area contributed by atoms with Gasteiger partial charge in [-0.05, 0) is 0 Å². The van der Waals surface area contributed by atoms with E-state index in [2.05, 4.69) is 17.5 Å². The number of ether oxygens (including phenoxy) is 1. The van der Waals surface area contributed by atoms with Gasteiger partial charge in [0.1, 0.15) is 0 Å². The first-order chi connectivity index (χ1) is 4.47. The summed E-state index contributed by atoms with van der Waals surface area (Å²) in [4.78, 5) is 0. The molecule has 0 amide bonds. The molecule has 0 unspecified atom stereocenters. The van der Waals surface area contributed by atoms with Gasteiger partial charge in [-0.2, -0.15) is 0 Å². The van der Waals surface area contributed by atoms with Crippen molar-refractivity contribution in [3.8, 4) is 0 Å². The van der Waals surface area contributed by atoms with Gasteiger partial charge in [-0.15, -0.1) is 12.4 Å². The van der Waals surface area contributed by atoms with E-state index >= 15 is 0 Å². The van der Waals surface area contributed by atoms with Crippen molar-refractivity contribution in [2.24, 2.45) is 5.92 Å². The lowest BCUT2D eigenvalue weighted by Gasteiger charge is -2.18. The van der Waals surface area contributed by atoms with Gasteiger partial charge in [0.05, 0.1) is 12.7 Å². The van der Waals surface area contributed by atoms with Crippen LogP contribution in [-0.4, -0.2) is 25.8 Å². The summed E-state index contributed by atoms with van der Waals surface area (Å²) in [5.74, 6) is 0.652. The SMILES string of the molecule is C1=C[C@H]2CNC[C@H]2OC1.Cl. The molecule has 0 saturated carbocycles. The molecule has 0 radical (unpaired) electrons. The molecule has 2 aliphatic heterocycles. The fourth-order valence-electron chi connectivity index (χ4n) is 1.46. The van der Waals surface area contributed by atoms with Crippen LogP contribution in [0.15, 0.2) is 12.2 Å². The van der Waals surface area contributed by atoms with Crippen molar-refractivity contribution < 1.29 is 4.74 Å². The van der Waals surface area contributed by atoms with Crippen molar-refractivity contribution in [1.82, 2.24) is 5.32 Å². The molecular formula is C7H12ClNO. The highest BCUT2D eigenvalue weighted by molar-refractivity contribution is 5.85. The number of fused-ring (bicyclic) bond motifs is 1. The molecule has 0 aliphatic carbocycles. The predicted molar refractivity (Wildman–Crippen MR) is 42.5 cm³/mol. The molecule has 0 bridgehead atoms. The third-order valence-electron chi connectivity index (χ3n) is 1.99. The Kier molecular flexibility index (Phi) is 2.72.